The van der Waals surface area contributed by atoms with Gasteiger partial charge in [-0.25, -0.2) is 8.42 Å². The van der Waals surface area contributed by atoms with E-state index < -0.39 is 21.7 Å². The highest BCUT2D eigenvalue weighted by atomic mass is 32.2. The topological polar surface area (TPSA) is 51.2 Å². The van der Waals surface area contributed by atoms with Gasteiger partial charge in [0.2, 0.25) is 0 Å². The SMILES string of the molecule is O=C1[C@@H](c2ccccc2)CS(=O)(=O)C[C@@H]1c1ccccc1. The number of carbonyl (C=O) groups is 1. The van der Waals surface area contributed by atoms with Crippen LogP contribution in [0.5, 0.6) is 0 Å². The van der Waals surface area contributed by atoms with Crippen LogP contribution >= 0.6 is 0 Å². The molecule has 3 rings (SSSR count). The smallest absolute Gasteiger partial charge is 0.152 e. The Bertz CT molecular complexity index is 679. The summed E-state index contributed by atoms with van der Waals surface area (Å²) in [5.41, 5.74) is 1.57. The molecule has 0 bridgehead atoms. The summed E-state index contributed by atoms with van der Waals surface area (Å²) < 4.78 is 24.4. The second-order valence-corrected chi connectivity index (χ2v) is 7.56. The second-order valence-electron chi connectivity index (χ2n) is 5.41. The lowest BCUT2D eigenvalue weighted by Gasteiger charge is -2.28. The van der Waals surface area contributed by atoms with Gasteiger partial charge in [-0.15, -0.1) is 0 Å². The first-order valence-corrected chi connectivity index (χ1v) is 8.73. The lowest BCUT2D eigenvalue weighted by molar-refractivity contribution is -0.121. The first-order valence-electron chi connectivity index (χ1n) is 6.91. The van der Waals surface area contributed by atoms with Gasteiger partial charge in [-0.1, -0.05) is 60.7 Å². The predicted octanol–water partition coefficient (Wildman–Crippen LogP) is 2.55. The molecule has 1 heterocycles. The Kier molecular flexibility index (Phi) is 3.64. The summed E-state index contributed by atoms with van der Waals surface area (Å²) in [6, 6.07) is 18.4. The van der Waals surface area contributed by atoms with Gasteiger partial charge >= 0.3 is 0 Å². The summed E-state index contributed by atoms with van der Waals surface area (Å²) >= 11 is 0. The summed E-state index contributed by atoms with van der Waals surface area (Å²) in [6.07, 6.45) is 0. The Morgan fingerprint density at radius 3 is 1.48 bits per heavy atom. The van der Waals surface area contributed by atoms with Crippen molar-refractivity contribution in [3.63, 3.8) is 0 Å². The van der Waals surface area contributed by atoms with E-state index in [2.05, 4.69) is 0 Å². The summed E-state index contributed by atoms with van der Waals surface area (Å²) in [6.45, 7) is 0. The highest BCUT2D eigenvalue weighted by Crippen LogP contribution is 2.33. The van der Waals surface area contributed by atoms with Gasteiger partial charge in [0, 0.05) is 0 Å². The van der Waals surface area contributed by atoms with Crippen LogP contribution in [-0.2, 0) is 14.6 Å². The first-order chi connectivity index (χ1) is 10.1. The standard InChI is InChI=1S/C17H16O3S/c18-17-15(13-7-3-1-4-8-13)11-21(19,20)12-16(17)14-9-5-2-6-10-14/h1-10,15-16H,11-12H2/t15-,16-/m1/s1. The number of benzene rings is 2. The number of rotatable bonds is 2. The second kappa shape index (κ2) is 5.45. The number of hydrogen-bond acceptors (Lipinski definition) is 3. The van der Waals surface area contributed by atoms with Crippen molar-refractivity contribution in [1.29, 1.82) is 0 Å². The van der Waals surface area contributed by atoms with Gasteiger partial charge in [0.25, 0.3) is 0 Å². The van der Waals surface area contributed by atoms with E-state index in [9.17, 15) is 13.2 Å². The molecule has 1 aliphatic heterocycles. The molecule has 2 aromatic rings. The van der Waals surface area contributed by atoms with Crippen molar-refractivity contribution in [3.8, 4) is 0 Å². The van der Waals surface area contributed by atoms with Crippen molar-refractivity contribution in [1.82, 2.24) is 0 Å². The molecule has 21 heavy (non-hydrogen) atoms. The molecule has 0 spiro atoms. The maximum absolute atomic E-state index is 12.7. The van der Waals surface area contributed by atoms with Gasteiger partial charge in [0.15, 0.2) is 9.84 Å². The quantitative estimate of drug-likeness (QED) is 0.856. The molecule has 4 heteroatoms. The average molecular weight is 300 g/mol. The van der Waals surface area contributed by atoms with Crippen molar-refractivity contribution in [3.05, 3.63) is 71.8 Å². The average Bonchev–Trinajstić information content (AvgIpc) is 2.51. The lowest BCUT2D eigenvalue weighted by atomic mass is 9.85. The van der Waals surface area contributed by atoms with Crippen molar-refractivity contribution in [2.75, 3.05) is 11.5 Å². The number of Topliss-reactive ketones (excluding diaryl/α,β-unsaturated/α-hetero) is 1. The minimum atomic E-state index is -3.23. The lowest BCUT2D eigenvalue weighted by Crippen LogP contribution is -2.37. The van der Waals surface area contributed by atoms with E-state index in [0.717, 1.165) is 11.1 Å². The maximum Gasteiger partial charge on any atom is 0.152 e. The minimum absolute atomic E-state index is 0.00206. The Labute approximate surface area is 124 Å². The summed E-state index contributed by atoms with van der Waals surface area (Å²) in [7, 11) is -3.23. The maximum atomic E-state index is 12.7. The molecule has 2 aromatic carbocycles. The zero-order valence-corrected chi connectivity index (χ0v) is 12.3. The largest absolute Gasteiger partial charge is 0.298 e. The Morgan fingerprint density at radius 1 is 0.714 bits per heavy atom. The van der Waals surface area contributed by atoms with Crippen LogP contribution in [0.2, 0.25) is 0 Å². The first kappa shape index (κ1) is 14.0. The number of carbonyl (C=O) groups excluding carboxylic acids is 1. The van der Waals surface area contributed by atoms with E-state index in [4.69, 9.17) is 0 Å². The molecule has 0 unspecified atom stereocenters. The summed E-state index contributed by atoms with van der Waals surface area (Å²) in [5, 5.41) is 0. The van der Waals surface area contributed by atoms with Crippen LogP contribution < -0.4 is 0 Å². The number of ketones is 1. The third-order valence-corrected chi connectivity index (χ3v) is 5.61. The van der Waals surface area contributed by atoms with Crippen LogP contribution in [0.3, 0.4) is 0 Å². The van der Waals surface area contributed by atoms with Crippen LogP contribution in [0.1, 0.15) is 23.0 Å². The van der Waals surface area contributed by atoms with E-state index in [1.165, 1.54) is 0 Å². The van der Waals surface area contributed by atoms with Crippen LogP contribution in [0.25, 0.3) is 0 Å². The number of sulfone groups is 1. The fraction of sp³-hybridized carbons (Fsp3) is 0.235. The van der Waals surface area contributed by atoms with Gasteiger partial charge in [0.05, 0.1) is 23.3 Å². The van der Waals surface area contributed by atoms with Crippen LogP contribution in [0.15, 0.2) is 60.7 Å². The number of hydrogen-bond donors (Lipinski definition) is 0. The summed E-state index contributed by atoms with van der Waals surface area (Å²) in [4.78, 5) is 12.7. The third kappa shape index (κ3) is 2.90. The molecule has 0 amide bonds. The Hall–Kier alpha value is -1.94. The van der Waals surface area contributed by atoms with E-state index in [0.29, 0.717) is 0 Å². The van der Waals surface area contributed by atoms with Gasteiger partial charge in [-0.05, 0) is 11.1 Å². The highest BCUT2D eigenvalue weighted by Gasteiger charge is 2.40. The van der Waals surface area contributed by atoms with E-state index >= 15 is 0 Å². The molecule has 0 radical (unpaired) electrons. The van der Waals surface area contributed by atoms with E-state index in [1.807, 2.05) is 60.7 Å². The van der Waals surface area contributed by atoms with Gasteiger partial charge in [0.1, 0.15) is 5.78 Å². The fourth-order valence-electron chi connectivity index (χ4n) is 2.87. The molecule has 1 aliphatic rings. The van der Waals surface area contributed by atoms with Crippen molar-refractivity contribution in [2.45, 2.75) is 11.8 Å². The molecule has 0 saturated carbocycles. The zero-order chi connectivity index (χ0) is 14.9. The monoisotopic (exact) mass is 300 g/mol. The molecule has 1 saturated heterocycles. The van der Waals surface area contributed by atoms with Crippen molar-refractivity contribution < 1.29 is 13.2 Å². The van der Waals surface area contributed by atoms with Crippen LogP contribution in [0, 0.1) is 0 Å². The Balaban J connectivity index is 2.02. The molecule has 3 nitrogen and oxygen atoms in total. The summed E-state index contributed by atoms with van der Waals surface area (Å²) in [5.74, 6) is -1.29. The molecule has 0 aliphatic carbocycles. The Morgan fingerprint density at radius 2 is 1.10 bits per heavy atom. The van der Waals surface area contributed by atoms with E-state index in [-0.39, 0.29) is 17.3 Å². The molecular weight excluding hydrogens is 284 g/mol. The van der Waals surface area contributed by atoms with Gasteiger partial charge in [-0.2, -0.15) is 0 Å². The highest BCUT2D eigenvalue weighted by molar-refractivity contribution is 7.91. The normalized spacial score (nSPS) is 24.7. The molecular formula is C17H16O3S. The van der Waals surface area contributed by atoms with Crippen molar-refractivity contribution in [2.24, 2.45) is 0 Å². The zero-order valence-electron chi connectivity index (χ0n) is 11.5. The molecule has 0 aromatic heterocycles. The molecule has 0 N–H and O–H groups in total. The fourth-order valence-corrected chi connectivity index (χ4v) is 4.74. The molecule has 2 atom stereocenters. The molecule has 1 fully saturated rings. The van der Waals surface area contributed by atoms with Crippen LogP contribution in [0.4, 0.5) is 0 Å². The predicted molar refractivity (Wildman–Crippen MR) is 82.0 cm³/mol. The third-order valence-electron chi connectivity index (χ3n) is 3.93. The van der Waals surface area contributed by atoms with Crippen molar-refractivity contribution >= 4 is 15.6 Å². The molecule has 108 valence electrons. The minimum Gasteiger partial charge on any atom is -0.298 e. The van der Waals surface area contributed by atoms with Gasteiger partial charge < -0.3 is 0 Å². The van der Waals surface area contributed by atoms with Gasteiger partial charge in [-0.3, -0.25) is 4.79 Å². The van der Waals surface area contributed by atoms with Crippen LogP contribution in [-0.4, -0.2) is 25.7 Å². The van der Waals surface area contributed by atoms with E-state index in [1.54, 1.807) is 0 Å².